The lowest BCUT2D eigenvalue weighted by atomic mass is 9.77. The molecule has 4 aliphatic rings. The Kier molecular flexibility index (Phi) is 5.58. The van der Waals surface area contributed by atoms with Crippen LogP contribution in [0.25, 0.3) is 0 Å². The lowest BCUT2D eigenvalue weighted by molar-refractivity contribution is -0.134. The first kappa shape index (κ1) is 20.4. The Bertz CT molecular complexity index is 758. The molecular formula is C22H34N4O4. The summed E-state index contributed by atoms with van der Waals surface area (Å²) in [5, 5.41) is 19.7. The van der Waals surface area contributed by atoms with E-state index in [1.54, 1.807) is 7.11 Å². The summed E-state index contributed by atoms with van der Waals surface area (Å²) in [6.45, 7) is 2.54. The van der Waals surface area contributed by atoms with Gasteiger partial charge in [0.1, 0.15) is 17.9 Å². The maximum Gasteiger partial charge on any atom is 0.248 e. The van der Waals surface area contributed by atoms with Gasteiger partial charge in [-0.05, 0) is 56.3 Å². The molecule has 4 atom stereocenters. The first-order chi connectivity index (χ1) is 14.6. The van der Waals surface area contributed by atoms with Crippen LogP contribution in [-0.2, 0) is 19.9 Å². The van der Waals surface area contributed by atoms with E-state index in [9.17, 15) is 9.90 Å². The molecule has 8 heteroatoms. The molecule has 1 aromatic heterocycles. The van der Waals surface area contributed by atoms with Crippen LogP contribution in [0, 0.1) is 17.8 Å². The molecule has 4 fully saturated rings. The van der Waals surface area contributed by atoms with Crippen molar-refractivity contribution in [2.24, 2.45) is 17.8 Å². The van der Waals surface area contributed by atoms with Crippen molar-refractivity contribution in [3.63, 3.8) is 0 Å². The van der Waals surface area contributed by atoms with Crippen molar-refractivity contribution in [2.75, 3.05) is 33.4 Å². The summed E-state index contributed by atoms with van der Waals surface area (Å²) in [4.78, 5) is 14.3. The highest BCUT2D eigenvalue weighted by molar-refractivity contribution is 5.77. The minimum absolute atomic E-state index is 0.0744. The average Bonchev–Trinajstić information content (AvgIpc) is 3.11. The van der Waals surface area contributed by atoms with Gasteiger partial charge in [-0.3, -0.25) is 4.79 Å². The highest BCUT2D eigenvalue weighted by Gasteiger charge is 2.46. The van der Waals surface area contributed by atoms with Gasteiger partial charge in [0.15, 0.2) is 0 Å². The summed E-state index contributed by atoms with van der Waals surface area (Å²) in [5.41, 5.74) is -0.123. The number of aliphatic hydroxyl groups is 1. The Labute approximate surface area is 177 Å². The van der Waals surface area contributed by atoms with Gasteiger partial charge in [0, 0.05) is 26.8 Å². The molecule has 1 aliphatic heterocycles. The number of ether oxygens (including phenoxy) is 2. The quantitative estimate of drug-likeness (QED) is 0.727. The van der Waals surface area contributed by atoms with Crippen molar-refractivity contribution in [1.29, 1.82) is 0 Å². The predicted molar refractivity (Wildman–Crippen MR) is 109 cm³/mol. The number of methoxy groups -OCH3 is 1. The third kappa shape index (κ3) is 4.01. The molecule has 30 heavy (non-hydrogen) atoms. The van der Waals surface area contributed by atoms with E-state index in [-0.39, 0.29) is 24.7 Å². The number of aromatic nitrogens is 3. The molecule has 0 spiro atoms. The van der Waals surface area contributed by atoms with Crippen molar-refractivity contribution < 1.29 is 19.4 Å². The van der Waals surface area contributed by atoms with Gasteiger partial charge >= 0.3 is 0 Å². The van der Waals surface area contributed by atoms with Gasteiger partial charge in [0.25, 0.3) is 0 Å². The molecule has 0 bridgehead atoms. The summed E-state index contributed by atoms with van der Waals surface area (Å²) in [5.74, 6) is 1.69. The van der Waals surface area contributed by atoms with E-state index in [1.807, 2.05) is 15.8 Å². The van der Waals surface area contributed by atoms with Crippen molar-refractivity contribution in [3.05, 3.63) is 11.9 Å². The van der Waals surface area contributed by atoms with Crippen LogP contribution in [0.1, 0.15) is 63.1 Å². The lowest BCUT2D eigenvalue weighted by Crippen LogP contribution is -2.38. The summed E-state index contributed by atoms with van der Waals surface area (Å²) in [7, 11) is 1.57. The SMILES string of the molecule is COCC(=O)N1C[C@H]2C[C@@H](n3cc(C4(O)CCCC4)nn3)[C@H](OCC3CC3)C[C@H]2C1. The normalized spacial score (nSPS) is 33.1. The zero-order chi connectivity index (χ0) is 20.7. The van der Waals surface area contributed by atoms with Crippen LogP contribution in [0.5, 0.6) is 0 Å². The predicted octanol–water partition coefficient (Wildman–Crippen LogP) is 1.89. The molecule has 3 aliphatic carbocycles. The van der Waals surface area contributed by atoms with Crippen molar-refractivity contribution in [2.45, 2.75) is 69.1 Å². The molecule has 1 saturated heterocycles. The zero-order valence-electron chi connectivity index (χ0n) is 17.9. The molecule has 0 radical (unpaired) electrons. The highest BCUT2D eigenvalue weighted by atomic mass is 16.5. The number of rotatable bonds is 7. The van der Waals surface area contributed by atoms with Crippen molar-refractivity contribution >= 4 is 5.91 Å². The van der Waals surface area contributed by atoms with Crippen molar-refractivity contribution in [1.82, 2.24) is 19.9 Å². The third-order valence-corrected chi connectivity index (χ3v) is 7.71. The van der Waals surface area contributed by atoms with Gasteiger partial charge in [-0.25, -0.2) is 4.68 Å². The molecule has 8 nitrogen and oxygen atoms in total. The van der Waals surface area contributed by atoms with Gasteiger partial charge in [0.05, 0.1) is 18.3 Å². The van der Waals surface area contributed by atoms with E-state index in [2.05, 4.69) is 10.3 Å². The topological polar surface area (TPSA) is 89.7 Å². The fourth-order valence-corrected chi connectivity index (χ4v) is 5.68. The van der Waals surface area contributed by atoms with E-state index >= 15 is 0 Å². The molecule has 166 valence electrons. The number of carbonyl (C=O) groups is 1. The molecule has 3 saturated carbocycles. The van der Waals surface area contributed by atoms with E-state index in [0.717, 1.165) is 58.2 Å². The van der Waals surface area contributed by atoms with E-state index in [1.165, 1.54) is 12.8 Å². The Morgan fingerprint density at radius 1 is 1.23 bits per heavy atom. The minimum atomic E-state index is -0.823. The molecular weight excluding hydrogens is 384 g/mol. The lowest BCUT2D eigenvalue weighted by Gasteiger charge is -2.37. The van der Waals surface area contributed by atoms with E-state index in [4.69, 9.17) is 9.47 Å². The molecule has 1 N–H and O–H groups in total. The number of hydrogen-bond donors (Lipinski definition) is 1. The largest absolute Gasteiger partial charge is 0.383 e. The number of likely N-dealkylation sites (tertiary alicyclic amines) is 1. The smallest absolute Gasteiger partial charge is 0.248 e. The summed E-state index contributed by atoms with van der Waals surface area (Å²) in [6.07, 6.45) is 10.0. The second-order valence-electron chi connectivity index (χ2n) is 9.93. The molecule has 1 aromatic rings. The van der Waals surface area contributed by atoms with Crippen molar-refractivity contribution in [3.8, 4) is 0 Å². The Balaban J connectivity index is 1.33. The third-order valence-electron chi connectivity index (χ3n) is 7.71. The standard InChI is InChI=1S/C22H34N4O4/c1-29-14-21(27)25-10-16-8-18(19(9-17(16)11-25)30-13-15-4-5-15)26-12-20(23-24-26)22(28)6-2-3-7-22/h12,15-19,28H,2-11,13-14H2,1H3/t16-,17+,18-,19-/m1/s1. The van der Waals surface area contributed by atoms with Crippen LogP contribution in [0.2, 0.25) is 0 Å². The molecule has 1 amide bonds. The van der Waals surface area contributed by atoms with Gasteiger partial charge in [0.2, 0.25) is 5.91 Å². The van der Waals surface area contributed by atoms with E-state index < -0.39 is 5.60 Å². The summed E-state index contributed by atoms with van der Waals surface area (Å²) in [6, 6.07) is 0.105. The van der Waals surface area contributed by atoms with Gasteiger partial charge < -0.3 is 19.5 Å². The Morgan fingerprint density at radius 2 is 1.97 bits per heavy atom. The fourth-order valence-electron chi connectivity index (χ4n) is 5.68. The fraction of sp³-hybridized carbons (Fsp3) is 0.864. The molecule has 2 heterocycles. The number of nitrogens with zero attached hydrogens (tertiary/aromatic N) is 4. The maximum absolute atomic E-state index is 12.3. The Morgan fingerprint density at radius 3 is 2.67 bits per heavy atom. The molecule has 5 rings (SSSR count). The van der Waals surface area contributed by atoms with Gasteiger partial charge in [-0.2, -0.15) is 0 Å². The highest BCUT2D eigenvalue weighted by Crippen LogP contribution is 2.44. The summed E-state index contributed by atoms with van der Waals surface area (Å²) >= 11 is 0. The molecule has 0 aromatic carbocycles. The zero-order valence-corrected chi connectivity index (χ0v) is 17.9. The molecule has 0 unspecified atom stereocenters. The Hall–Kier alpha value is -1.51. The van der Waals surface area contributed by atoms with Crippen LogP contribution in [0.3, 0.4) is 0 Å². The first-order valence-corrected chi connectivity index (χ1v) is 11.6. The van der Waals surface area contributed by atoms with Gasteiger partial charge in [-0.1, -0.05) is 18.1 Å². The number of fused-ring (bicyclic) bond motifs is 1. The van der Waals surface area contributed by atoms with Gasteiger partial charge in [-0.15, -0.1) is 5.10 Å². The second kappa shape index (κ2) is 8.20. The first-order valence-electron chi connectivity index (χ1n) is 11.6. The van der Waals surface area contributed by atoms with Crippen LogP contribution >= 0.6 is 0 Å². The minimum Gasteiger partial charge on any atom is -0.383 e. The van der Waals surface area contributed by atoms with E-state index in [0.29, 0.717) is 23.4 Å². The van der Waals surface area contributed by atoms with Crippen LogP contribution in [-0.4, -0.2) is 70.4 Å². The van der Waals surface area contributed by atoms with Crippen LogP contribution < -0.4 is 0 Å². The number of amides is 1. The van der Waals surface area contributed by atoms with Crippen LogP contribution in [0.4, 0.5) is 0 Å². The number of carbonyl (C=O) groups excluding carboxylic acids is 1. The number of hydrogen-bond acceptors (Lipinski definition) is 6. The maximum atomic E-state index is 12.3. The second-order valence-corrected chi connectivity index (χ2v) is 9.93. The monoisotopic (exact) mass is 418 g/mol. The summed E-state index contributed by atoms with van der Waals surface area (Å²) < 4.78 is 13.4. The van der Waals surface area contributed by atoms with Crippen LogP contribution in [0.15, 0.2) is 6.20 Å². The average molecular weight is 419 g/mol.